The van der Waals surface area contributed by atoms with Crippen molar-refractivity contribution in [1.29, 1.82) is 0 Å². The first-order valence-electron chi connectivity index (χ1n) is 4.00. The largest absolute Gasteiger partial charge is 3.00 e. The minimum atomic E-state index is -6.07. The fraction of sp³-hybridized carbons (Fsp3) is 0. The maximum Gasteiger partial charge on any atom is 3.00 e. The molecule has 0 aliphatic rings. The topological polar surface area (TPSA) is 371 Å². The van der Waals surface area contributed by atoms with Crippen molar-refractivity contribution in [2.75, 3.05) is 0 Å². The van der Waals surface area contributed by atoms with Gasteiger partial charge in [0.15, 0.2) is 0 Å². The molecule has 0 aliphatic carbocycles. The van der Waals surface area contributed by atoms with Gasteiger partial charge in [-0.15, -0.1) is 0 Å². The standard InChI is InChI=1S/6Cr.21O.2Y/q;;;;;;;;;;;;;;;;;;;;;6*-1;2*+3. The van der Waals surface area contributed by atoms with E-state index in [9.17, 15) is 70.6 Å². The molecule has 0 aromatic rings. The molecule has 0 N–H and O–H groups in total. The van der Waals surface area contributed by atoms with Crippen LogP contribution in [-0.4, -0.2) is 0 Å². The van der Waals surface area contributed by atoms with Gasteiger partial charge in [0.1, 0.15) is 0 Å². The second-order valence-corrected chi connectivity index (χ2v) is 13.6. The molecule has 0 heterocycles. The van der Waals surface area contributed by atoms with Gasteiger partial charge in [-0.05, 0) is 0 Å². The Bertz CT molecular complexity index is 854. The summed E-state index contributed by atoms with van der Waals surface area (Å²) in [6.07, 6.45) is 0. The maximum absolute atomic E-state index is 9.38. The average molecular weight is 826 g/mol. The fourth-order valence-electron chi connectivity index (χ4n) is 0.306. The van der Waals surface area contributed by atoms with Crippen LogP contribution in [0, 0.1) is 0 Å². The third kappa shape index (κ3) is 59.0. The summed E-state index contributed by atoms with van der Waals surface area (Å²) >= 11 is -36.4. The monoisotopic (exact) mass is 825 g/mol. The van der Waals surface area contributed by atoms with Crippen LogP contribution >= 0.6 is 0 Å². The molecule has 0 aliphatic heterocycles. The van der Waals surface area contributed by atoms with Crippen molar-refractivity contribution in [2.24, 2.45) is 0 Å². The summed E-state index contributed by atoms with van der Waals surface area (Å²) in [5.41, 5.74) is 0. The number of hydrogen-bond donors (Lipinski definition) is 0. The summed E-state index contributed by atoms with van der Waals surface area (Å²) in [6.45, 7) is 0. The van der Waals surface area contributed by atoms with Crippen LogP contribution < -0.4 is 24.9 Å². The van der Waals surface area contributed by atoms with Gasteiger partial charge in [-0.3, -0.25) is 0 Å². The Morgan fingerprint density at radius 3 is 0.379 bits per heavy atom. The first kappa shape index (κ1) is 41.9. The third-order valence-electron chi connectivity index (χ3n) is 0.500. The summed E-state index contributed by atoms with van der Waals surface area (Å²) in [5.74, 6) is 0. The normalized spacial score (nSPS) is 12.6. The van der Waals surface area contributed by atoms with Crippen LogP contribution in [0.3, 0.4) is 0 Å². The van der Waals surface area contributed by atoms with E-state index in [1.807, 2.05) is 0 Å². The average Bonchev–Trinajstić information content (AvgIpc) is 1.96. The second kappa shape index (κ2) is 15.5. The van der Waals surface area contributed by atoms with E-state index in [2.05, 4.69) is 8.52 Å². The Kier molecular flexibility index (Phi) is 22.4. The van der Waals surface area contributed by atoms with E-state index in [4.69, 9.17) is 0 Å². The molecule has 0 aromatic carbocycles. The first-order valence-corrected chi connectivity index (χ1v) is 16.5. The Balaban J connectivity index is -0.0000000960. The second-order valence-electron chi connectivity index (χ2n) is 2.65. The van der Waals surface area contributed by atoms with Crippen LogP contribution in [0.4, 0.5) is 0 Å². The van der Waals surface area contributed by atoms with E-state index >= 15 is 0 Å². The van der Waals surface area contributed by atoms with E-state index in [1.54, 1.807) is 0 Å². The molecule has 29 heteroatoms. The zero-order valence-corrected chi connectivity index (χ0v) is 25.5. The molecule has 0 bridgehead atoms. The third-order valence-corrected chi connectivity index (χ3v) is 8.50. The van der Waals surface area contributed by atoms with E-state index < -0.39 is 81.7 Å². The zero-order chi connectivity index (χ0) is 23.1. The van der Waals surface area contributed by atoms with Gasteiger partial charge in [0.25, 0.3) is 0 Å². The molecule has 21 nitrogen and oxygen atoms in total. The minimum absolute atomic E-state index is 0. The summed E-state index contributed by atoms with van der Waals surface area (Å²) in [7, 11) is 0. The fourth-order valence-corrected chi connectivity index (χ4v) is 5.21. The molecule has 29 heavy (non-hydrogen) atoms. The van der Waals surface area contributed by atoms with E-state index in [-0.39, 0.29) is 65.4 Å². The van der Waals surface area contributed by atoms with Crippen LogP contribution in [-0.2, 0) is 201 Å². The molecular formula is Cr6O21Y2. The Morgan fingerprint density at radius 2 is 0.379 bits per heavy atom. The van der Waals surface area contributed by atoms with Crippen molar-refractivity contribution in [3.8, 4) is 0 Å². The Morgan fingerprint density at radius 1 is 0.310 bits per heavy atom. The molecular weight excluding hydrogens is 826 g/mol. The minimum Gasteiger partial charge on any atom is 3.00 e. The molecule has 0 saturated carbocycles. The molecule has 0 amide bonds. The summed E-state index contributed by atoms with van der Waals surface area (Å²) in [5, 5.41) is 0. The summed E-state index contributed by atoms with van der Waals surface area (Å²) in [6, 6.07) is 0. The maximum atomic E-state index is 9.38. The quantitative estimate of drug-likeness (QED) is 0.240. The molecule has 168 valence electrons. The van der Waals surface area contributed by atoms with E-state index in [1.165, 1.54) is 0 Å². The predicted molar refractivity (Wildman–Crippen MR) is 11.5 cm³/mol. The van der Waals surface area contributed by atoms with Gasteiger partial charge in [0.05, 0.1) is 0 Å². The van der Waals surface area contributed by atoms with Gasteiger partial charge in [0.2, 0.25) is 0 Å². The number of hydrogen-bond acceptors (Lipinski definition) is 21. The van der Waals surface area contributed by atoms with Crippen LogP contribution in [0.1, 0.15) is 0 Å². The van der Waals surface area contributed by atoms with Gasteiger partial charge < -0.3 is 0 Å². The van der Waals surface area contributed by atoms with E-state index in [0.29, 0.717) is 0 Å². The van der Waals surface area contributed by atoms with Crippen molar-refractivity contribution in [2.45, 2.75) is 0 Å². The van der Waals surface area contributed by atoms with Crippen LogP contribution in [0.15, 0.2) is 0 Å². The molecule has 0 unspecified atom stereocenters. The molecule has 0 atom stereocenters. The summed E-state index contributed by atoms with van der Waals surface area (Å²) in [4.78, 5) is 0. The van der Waals surface area contributed by atoms with Gasteiger partial charge in [-0.2, -0.15) is 0 Å². The zero-order valence-electron chi connectivity index (χ0n) is 12.2. The molecule has 0 fully saturated rings. The number of rotatable bonds is 6. The Labute approximate surface area is 222 Å². The summed E-state index contributed by atoms with van der Waals surface area (Å²) < 4.78 is 177. The first-order chi connectivity index (χ1) is 11.1. The van der Waals surface area contributed by atoms with Crippen LogP contribution in [0.5, 0.6) is 0 Å². The van der Waals surface area contributed by atoms with Gasteiger partial charge in [0, 0.05) is 0 Å². The Hall–Kier alpha value is 2.64. The smallest absolute Gasteiger partial charge is 3.00 e. The van der Waals surface area contributed by atoms with Crippen molar-refractivity contribution in [1.82, 2.24) is 0 Å². The van der Waals surface area contributed by atoms with Crippen molar-refractivity contribution in [3.05, 3.63) is 0 Å². The molecule has 0 rings (SSSR count). The van der Waals surface area contributed by atoms with Gasteiger partial charge in [-0.25, -0.2) is 0 Å². The SMILES string of the molecule is [O]=[Cr](=[O])([O-])[O][Cr](=[O])(=[O])[O-].[O]=[Cr](=[O])([O-])[O][Cr](=[O])(=[O])[O-].[O]=[Cr](=[O])([O-])[O][Cr](=[O])(=[O])[O-].[Y+3].[Y+3]. The molecule has 0 saturated heterocycles. The molecule has 0 aromatic heterocycles. The van der Waals surface area contributed by atoms with E-state index in [0.717, 1.165) is 0 Å². The van der Waals surface area contributed by atoms with Crippen molar-refractivity contribution >= 4 is 0 Å². The van der Waals surface area contributed by atoms with Crippen LogP contribution in [0.25, 0.3) is 0 Å². The molecule has 0 radical (unpaired) electrons. The van der Waals surface area contributed by atoms with Crippen molar-refractivity contribution in [3.63, 3.8) is 0 Å². The predicted octanol–water partition coefficient (Wildman–Crippen LogP) is -8.78. The van der Waals surface area contributed by atoms with Crippen molar-refractivity contribution < 1.29 is 226 Å². The van der Waals surface area contributed by atoms with Crippen LogP contribution in [0.2, 0.25) is 0 Å². The van der Waals surface area contributed by atoms with Gasteiger partial charge >= 0.3 is 226 Å². The van der Waals surface area contributed by atoms with Gasteiger partial charge in [-0.1, -0.05) is 0 Å². The molecule has 0 spiro atoms.